The lowest BCUT2D eigenvalue weighted by Crippen LogP contribution is -2.54. The van der Waals surface area contributed by atoms with Gasteiger partial charge in [0.1, 0.15) is 0 Å². The van der Waals surface area contributed by atoms with E-state index in [-0.39, 0.29) is 17.7 Å². The van der Waals surface area contributed by atoms with Gasteiger partial charge in [0.25, 0.3) is 5.91 Å². The highest BCUT2D eigenvalue weighted by Crippen LogP contribution is 2.63. The summed E-state index contributed by atoms with van der Waals surface area (Å²) in [7, 11) is 0. The summed E-state index contributed by atoms with van der Waals surface area (Å²) in [5.74, 6) is -2.65. The van der Waals surface area contributed by atoms with Crippen molar-refractivity contribution in [2.45, 2.75) is 18.3 Å². The van der Waals surface area contributed by atoms with Crippen LogP contribution in [-0.4, -0.2) is 28.9 Å². The van der Waals surface area contributed by atoms with Crippen molar-refractivity contribution in [3.63, 3.8) is 0 Å². The Labute approximate surface area is 235 Å². The molecule has 196 valence electrons. The minimum atomic E-state index is -1.08. The number of hydrogen-bond donors (Lipinski definition) is 1. The number of halogens is 1. The number of rotatable bonds is 4. The first-order chi connectivity index (χ1) is 19.4. The number of aryl methyl sites for hydroxylation is 1. The number of amides is 3. The summed E-state index contributed by atoms with van der Waals surface area (Å²) in [5.41, 5.74) is 7.01. The van der Waals surface area contributed by atoms with Gasteiger partial charge >= 0.3 is 0 Å². The summed E-state index contributed by atoms with van der Waals surface area (Å²) >= 11 is 6.32. The maximum absolute atomic E-state index is 14.5. The molecule has 8 rings (SSSR count). The van der Waals surface area contributed by atoms with Crippen LogP contribution in [-0.2, 0) is 15.0 Å². The van der Waals surface area contributed by atoms with Gasteiger partial charge in [0.15, 0.2) is 0 Å². The highest BCUT2D eigenvalue weighted by molar-refractivity contribution is 6.31. The van der Waals surface area contributed by atoms with E-state index in [4.69, 9.17) is 11.6 Å². The SMILES string of the molecule is Cc1ccc(Cl)cc1N1C(=O)[C@@H]2C3c4ccccc4C(/C=N\NC(=O)c4ccncc4)(c4ccccc43)[C@@H]2C1=O. The third-order valence-electron chi connectivity index (χ3n) is 8.47. The Morgan fingerprint density at radius 1 is 0.950 bits per heavy atom. The van der Waals surface area contributed by atoms with Crippen molar-refractivity contribution >= 4 is 41.2 Å². The Balaban J connectivity index is 1.43. The minimum Gasteiger partial charge on any atom is -0.274 e. The number of carbonyl (C=O) groups excluding carboxylic acids is 3. The minimum absolute atomic E-state index is 0.257. The van der Waals surface area contributed by atoms with Gasteiger partial charge in [0, 0.05) is 35.1 Å². The van der Waals surface area contributed by atoms with E-state index in [1.165, 1.54) is 17.3 Å². The summed E-state index contributed by atoms with van der Waals surface area (Å²) in [4.78, 5) is 46.8. The van der Waals surface area contributed by atoms with Crippen molar-refractivity contribution in [3.8, 4) is 0 Å². The molecule has 2 bridgehead atoms. The molecule has 1 fully saturated rings. The molecule has 1 N–H and O–H groups in total. The van der Waals surface area contributed by atoms with Gasteiger partial charge in [-0.2, -0.15) is 5.10 Å². The van der Waals surface area contributed by atoms with E-state index in [1.54, 1.807) is 30.5 Å². The molecule has 8 heteroatoms. The average Bonchev–Trinajstić information content (AvgIpc) is 3.25. The molecule has 3 amide bonds. The molecule has 0 saturated carbocycles. The summed E-state index contributed by atoms with van der Waals surface area (Å²) in [5, 5.41) is 4.88. The topological polar surface area (TPSA) is 91.7 Å². The van der Waals surface area contributed by atoms with Crippen molar-refractivity contribution in [1.82, 2.24) is 10.4 Å². The lowest BCUT2D eigenvalue weighted by molar-refractivity contribution is -0.122. The number of aromatic nitrogens is 1. The smallest absolute Gasteiger partial charge is 0.271 e. The molecule has 1 saturated heterocycles. The van der Waals surface area contributed by atoms with Crippen LogP contribution in [0.4, 0.5) is 5.69 Å². The Kier molecular flexibility index (Phi) is 5.47. The normalized spacial score (nSPS) is 24.1. The van der Waals surface area contributed by atoms with Gasteiger partial charge < -0.3 is 0 Å². The number of hydrazone groups is 1. The van der Waals surface area contributed by atoms with Gasteiger partial charge in [-0.15, -0.1) is 0 Å². The van der Waals surface area contributed by atoms with E-state index < -0.39 is 23.2 Å². The molecule has 40 heavy (non-hydrogen) atoms. The van der Waals surface area contributed by atoms with E-state index in [0.29, 0.717) is 16.3 Å². The van der Waals surface area contributed by atoms with Crippen molar-refractivity contribution in [2.75, 3.05) is 4.90 Å². The number of nitrogens with one attached hydrogen (secondary N) is 1. The number of pyridine rings is 1. The molecule has 3 aliphatic carbocycles. The first kappa shape index (κ1) is 24.4. The first-order valence-corrected chi connectivity index (χ1v) is 13.4. The second kappa shape index (κ2) is 8.96. The molecule has 0 spiro atoms. The van der Waals surface area contributed by atoms with E-state index >= 15 is 0 Å². The van der Waals surface area contributed by atoms with Crippen LogP contribution < -0.4 is 10.3 Å². The van der Waals surface area contributed by atoms with Crippen molar-refractivity contribution in [2.24, 2.45) is 16.9 Å². The van der Waals surface area contributed by atoms with Gasteiger partial charge in [-0.05, 0) is 59.0 Å². The molecular weight excluding hydrogens is 524 g/mol. The number of hydrogen-bond acceptors (Lipinski definition) is 5. The zero-order valence-electron chi connectivity index (χ0n) is 21.4. The van der Waals surface area contributed by atoms with Crippen LogP contribution in [0.1, 0.15) is 44.1 Å². The molecule has 2 heterocycles. The molecule has 1 aromatic heterocycles. The van der Waals surface area contributed by atoms with E-state index in [9.17, 15) is 14.4 Å². The summed E-state index contributed by atoms with van der Waals surface area (Å²) < 4.78 is 0. The predicted octanol–water partition coefficient (Wildman–Crippen LogP) is 5.01. The lowest BCUT2D eigenvalue weighted by Gasteiger charge is -2.52. The zero-order chi connectivity index (χ0) is 27.6. The van der Waals surface area contributed by atoms with Crippen LogP contribution in [0.2, 0.25) is 5.02 Å². The maximum atomic E-state index is 14.5. The Hall–Kier alpha value is -4.62. The third-order valence-corrected chi connectivity index (χ3v) is 8.71. The molecule has 0 radical (unpaired) electrons. The second-order valence-corrected chi connectivity index (χ2v) is 10.8. The highest BCUT2D eigenvalue weighted by Gasteiger charge is 2.68. The molecule has 4 aliphatic rings. The fourth-order valence-corrected chi connectivity index (χ4v) is 7.04. The maximum Gasteiger partial charge on any atom is 0.271 e. The van der Waals surface area contributed by atoms with Crippen LogP contribution >= 0.6 is 11.6 Å². The summed E-state index contributed by atoms with van der Waals surface area (Å²) in [6.07, 6.45) is 4.72. The quantitative estimate of drug-likeness (QED) is 0.221. The molecule has 4 aromatic rings. The molecule has 2 atom stereocenters. The molecular formula is C32H23ClN4O3. The van der Waals surface area contributed by atoms with Crippen molar-refractivity contribution in [1.29, 1.82) is 0 Å². The van der Waals surface area contributed by atoms with Gasteiger partial charge in [0.2, 0.25) is 11.8 Å². The monoisotopic (exact) mass is 546 g/mol. The van der Waals surface area contributed by atoms with Crippen LogP contribution in [0.3, 0.4) is 0 Å². The Morgan fingerprint density at radius 2 is 1.60 bits per heavy atom. The summed E-state index contributed by atoms with van der Waals surface area (Å²) in [6.45, 7) is 1.86. The fourth-order valence-electron chi connectivity index (χ4n) is 6.87. The molecule has 7 nitrogen and oxygen atoms in total. The van der Waals surface area contributed by atoms with Crippen molar-refractivity contribution < 1.29 is 14.4 Å². The van der Waals surface area contributed by atoms with Gasteiger partial charge in [-0.25, -0.2) is 10.3 Å². The number of nitrogens with zero attached hydrogens (tertiary/aromatic N) is 3. The van der Waals surface area contributed by atoms with Gasteiger partial charge in [-0.3, -0.25) is 19.4 Å². The Bertz CT molecular complexity index is 1700. The van der Waals surface area contributed by atoms with Crippen LogP contribution in [0.15, 0.2) is 96.4 Å². The predicted molar refractivity (Wildman–Crippen MR) is 151 cm³/mol. The number of anilines is 1. The van der Waals surface area contributed by atoms with Crippen LogP contribution in [0, 0.1) is 18.8 Å². The van der Waals surface area contributed by atoms with Gasteiger partial charge in [-0.1, -0.05) is 66.2 Å². The largest absolute Gasteiger partial charge is 0.274 e. The van der Waals surface area contributed by atoms with E-state index in [1.807, 2.05) is 61.5 Å². The van der Waals surface area contributed by atoms with Gasteiger partial charge in [0.05, 0.1) is 22.9 Å². The highest BCUT2D eigenvalue weighted by atomic mass is 35.5. The van der Waals surface area contributed by atoms with Crippen molar-refractivity contribution in [3.05, 3.63) is 130 Å². The van der Waals surface area contributed by atoms with Crippen LogP contribution in [0.5, 0.6) is 0 Å². The number of carbonyl (C=O) groups is 3. The standard InChI is InChI=1S/C32H23ClN4O3/c1-18-10-11-20(33)16-25(18)37-30(39)27-26-21-6-2-4-8-23(21)32(28(27)31(37)40,24-9-5-3-7-22(24)26)17-35-36-29(38)19-12-14-34-15-13-19/h2-17,26-28H,1H3,(H,36,38)/b35-17-/t26?,27-,28+,32?/m1/s1. The van der Waals surface area contributed by atoms with Crippen LogP contribution in [0.25, 0.3) is 0 Å². The van der Waals surface area contributed by atoms with E-state index in [2.05, 4.69) is 15.5 Å². The fraction of sp³-hybridized carbons (Fsp3) is 0.156. The summed E-state index contributed by atoms with van der Waals surface area (Å²) in [6, 6.07) is 24.2. The average molecular weight is 547 g/mol. The Morgan fingerprint density at radius 3 is 2.27 bits per heavy atom. The molecule has 0 unspecified atom stereocenters. The molecule has 3 aromatic carbocycles. The first-order valence-electron chi connectivity index (χ1n) is 13.0. The zero-order valence-corrected chi connectivity index (χ0v) is 22.2. The molecule has 1 aliphatic heterocycles. The van der Waals surface area contributed by atoms with E-state index in [0.717, 1.165) is 27.8 Å². The lowest BCUT2D eigenvalue weighted by atomic mass is 9.47. The number of imide groups is 1. The second-order valence-electron chi connectivity index (χ2n) is 10.4. The number of benzene rings is 3. The third kappa shape index (κ3) is 3.27.